The predicted molar refractivity (Wildman–Crippen MR) is 71.6 cm³/mol. The standard InChI is InChI=1S/C11H17BrN2O2S/c1-7(2)11(8(3)12)10-5-4-9(6-14-10)17(13,15)16/h4-8,11H,1-3H3,(H2,13,15,16). The van der Waals surface area contributed by atoms with Crippen molar-refractivity contribution in [3.05, 3.63) is 24.0 Å². The molecule has 6 heteroatoms. The van der Waals surface area contributed by atoms with Crippen molar-refractivity contribution < 1.29 is 8.42 Å². The summed E-state index contributed by atoms with van der Waals surface area (Å²) >= 11 is 3.55. The van der Waals surface area contributed by atoms with Crippen LogP contribution in [0.4, 0.5) is 0 Å². The lowest BCUT2D eigenvalue weighted by Gasteiger charge is -2.23. The number of hydrogen-bond donors (Lipinski definition) is 1. The quantitative estimate of drug-likeness (QED) is 0.865. The Kier molecular flexibility index (Phi) is 4.69. The Bertz CT molecular complexity index is 461. The molecule has 0 fully saturated rings. The van der Waals surface area contributed by atoms with E-state index in [2.05, 4.69) is 41.7 Å². The lowest BCUT2D eigenvalue weighted by molar-refractivity contribution is 0.487. The van der Waals surface area contributed by atoms with Gasteiger partial charge in [-0.2, -0.15) is 0 Å². The van der Waals surface area contributed by atoms with Gasteiger partial charge in [-0.3, -0.25) is 4.98 Å². The van der Waals surface area contributed by atoms with E-state index in [1.54, 1.807) is 6.07 Å². The summed E-state index contributed by atoms with van der Waals surface area (Å²) in [5, 5.41) is 5.03. The molecule has 0 aliphatic carbocycles. The normalized spacial score (nSPS) is 15.9. The van der Waals surface area contributed by atoms with E-state index in [1.165, 1.54) is 12.3 Å². The molecule has 2 unspecified atom stereocenters. The van der Waals surface area contributed by atoms with Crippen molar-refractivity contribution in [2.75, 3.05) is 0 Å². The number of hydrogen-bond acceptors (Lipinski definition) is 3. The topological polar surface area (TPSA) is 73.1 Å². The van der Waals surface area contributed by atoms with Crippen molar-refractivity contribution in [1.29, 1.82) is 0 Å². The zero-order valence-electron chi connectivity index (χ0n) is 10.1. The number of nitrogens with zero attached hydrogens (tertiary/aromatic N) is 1. The van der Waals surface area contributed by atoms with Crippen LogP contribution in [0.2, 0.25) is 0 Å². The fourth-order valence-corrected chi connectivity index (χ4v) is 3.20. The summed E-state index contributed by atoms with van der Waals surface area (Å²) in [5.74, 6) is 0.654. The van der Waals surface area contributed by atoms with Gasteiger partial charge < -0.3 is 0 Å². The summed E-state index contributed by atoms with van der Waals surface area (Å²) in [4.78, 5) is 4.52. The highest BCUT2D eigenvalue weighted by molar-refractivity contribution is 9.09. The van der Waals surface area contributed by atoms with Gasteiger partial charge in [0.15, 0.2) is 0 Å². The molecule has 96 valence electrons. The largest absolute Gasteiger partial charge is 0.260 e. The van der Waals surface area contributed by atoms with Crippen LogP contribution in [-0.4, -0.2) is 18.2 Å². The molecule has 1 heterocycles. The van der Waals surface area contributed by atoms with Crippen LogP contribution in [-0.2, 0) is 10.0 Å². The molecule has 0 radical (unpaired) electrons. The Morgan fingerprint density at radius 2 is 1.88 bits per heavy atom. The molecule has 0 saturated carbocycles. The van der Waals surface area contributed by atoms with E-state index in [-0.39, 0.29) is 15.6 Å². The molecule has 0 aliphatic rings. The number of aromatic nitrogens is 1. The van der Waals surface area contributed by atoms with Gasteiger partial charge in [0.25, 0.3) is 0 Å². The molecule has 0 aromatic carbocycles. The molecule has 17 heavy (non-hydrogen) atoms. The second-order valence-corrected chi connectivity index (χ2v) is 7.42. The van der Waals surface area contributed by atoms with Crippen molar-refractivity contribution in [3.63, 3.8) is 0 Å². The molecule has 0 saturated heterocycles. The summed E-state index contributed by atoms with van der Waals surface area (Å²) in [6.45, 7) is 6.27. The first kappa shape index (κ1) is 14.6. The SMILES string of the molecule is CC(C)C(c1ccc(S(N)(=O)=O)cn1)C(C)Br. The average molecular weight is 321 g/mol. The Morgan fingerprint density at radius 3 is 2.18 bits per heavy atom. The fourth-order valence-electron chi connectivity index (χ4n) is 1.86. The molecule has 2 N–H and O–H groups in total. The number of rotatable bonds is 4. The first-order valence-electron chi connectivity index (χ1n) is 5.36. The first-order chi connectivity index (χ1) is 7.73. The Hall–Kier alpha value is -0.460. The molecule has 1 aromatic rings. The van der Waals surface area contributed by atoms with Gasteiger partial charge in [-0.1, -0.05) is 36.7 Å². The number of pyridine rings is 1. The summed E-state index contributed by atoms with van der Waals surface area (Å²) < 4.78 is 22.2. The van der Waals surface area contributed by atoms with Gasteiger partial charge in [-0.25, -0.2) is 13.6 Å². The lowest BCUT2D eigenvalue weighted by Crippen LogP contribution is -2.18. The Labute approximate surface area is 111 Å². The molecule has 4 nitrogen and oxygen atoms in total. The molecular weight excluding hydrogens is 304 g/mol. The second-order valence-electron chi connectivity index (χ2n) is 4.41. The van der Waals surface area contributed by atoms with Crippen LogP contribution in [0.15, 0.2) is 23.2 Å². The van der Waals surface area contributed by atoms with Gasteiger partial charge in [0, 0.05) is 22.6 Å². The highest BCUT2D eigenvalue weighted by Gasteiger charge is 2.22. The predicted octanol–water partition coefficient (Wildman–Crippen LogP) is 2.25. The molecule has 0 amide bonds. The summed E-state index contributed by atoms with van der Waals surface area (Å²) in [6.07, 6.45) is 1.31. The first-order valence-corrected chi connectivity index (χ1v) is 7.82. The van der Waals surface area contributed by atoms with Crippen molar-refractivity contribution in [2.45, 2.75) is 36.4 Å². The van der Waals surface area contributed by atoms with Gasteiger partial charge in [0.05, 0.1) is 0 Å². The molecule has 1 rings (SSSR count). The van der Waals surface area contributed by atoms with E-state index in [4.69, 9.17) is 5.14 Å². The van der Waals surface area contributed by atoms with Gasteiger partial charge >= 0.3 is 0 Å². The molecule has 0 bridgehead atoms. The van der Waals surface area contributed by atoms with Crippen LogP contribution >= 0.6 is 15.9 Å². The number of alkyl halides is 1. The van der Waals surface area contributed by atoms with Crippen LogP contribution in [0.3, 0.4) is 0 Å². The average Bonchev–Trinajstić information content (AvgIpc) is 2.15. The third kappa shape index (κ3) is 3.76. The van der Waals surface area contributed by atoms with E-state index in [0.717, 1.165) is 5.69 Å². The number of sulfonamides is 1. The van der Waals surface area contributed by atoms with E-state index in [1.807, 2.05) is 0 Å². The second kappa shape index (κ2) is 5.46. The van der Waals surface area contributed by atoms with Crippen molar-refractivity contribution >= 4 is 26.0 Å². The number of nitrogens with two attached hydrogens (primary N) is 1. The van der Waals surface area contributed by atoms with Crippen LogP contribution in [0.1, 0.15) is 32.4 Å². The zero-order valence-corrected chi connectivity index (χ0v) is 12.5. The number of primary sulfonamides is 1. The summed E-state index contributed by atoms with van der Waals surface area (Å²) in [7, 11) is -3.66. The van der Waals surface area contributed by atoms with E-state index >= 15 is 0 Å². The van der Waals surface area contributed by atoms with Crippen LogP contribution in [0.25, 0.3) is 0 Å². The van der Waals surface area contributed by atoms with Crippen LogP contribution in [0.5, 0.6) is 0 Å². The third-order valence-electron chi connectivity index (χ3n) is 2.64. The monoisotopic (exact) mass is 320 g/mol. The van der Waals surface area contributed by atoms with Crippen LogP contribution in [0, 0.1) is 5.92 Å². The van der Waals surface area contributed by atoms with Crippen molar-refractivity contribution in [1.82, 2.24) is 4.98 Å². The fraction of sp³-hybridized carbons (Fsp3) is 0.545. The van der Waals surface area contributed by atoms with Gasteiger partial charge in [0.2, 0.25) is 10.0 Å². The molecular formula is C11H17BrN2O2S. The highest BCUT2D eigenvalue weighted by Crippen LogP contribution is 2.30. The summed E-state index contributed by atoms with van der Waals surface area (Å²) in [5.41, 5.74) is 0.872. The van der Waals surface area contributed by atoms with Gasteiger partial charge in [-0.15, -0.1) is 0 Å². The minimum absolute atomic E-state index is 0.0472. The molecule has 1 aromatic heterocycles. The smallest absolute Gasteiger partial charge is 0.239 e. The lowest BCUT2D eigenvalue weighted by atomic mass is 9.90. The highest BCUT2D eigenvalue weighted by atomic mass is 79.9. The van der Waals surface area contributed by atoms with Gasteiger partial charge in [-0.05, 0) is 18.1 Å². The maximum Gasteiger partial charge on any atom is 0.239 e. The minimum Gasteiger partial charge on any atom is -0.260 e. The van der Waals surface area contributed by atoms with Crippen molar-refractivity contribution in [3.8, 4) is 0 Å². The van der Waals surface area contributed by atoms with Crippen molar-refractivity contribution in [2.24, 2.45) is 11.1 Å². The maximum atomic E-state index is 11.1. The van der Waals surface area contributed by atoms with E-state index < -0.39 is 10.0 Å². The Balaban J connectivity index is 3.09. The number of halogens is 1. The third-order valence-corrected chi connectivity index (χ3v) is 4.11. The maximum absolute atomic E-state index is 11.1. The van der Waals surface area contributed by atoms with Gasteiger partial charge in [0.1, 0.15) is 4.90 Å². The Morgan fingerprint density at radius 1 is 1.29 bits per heavy atom. The van der Waals surface area contributed by atoms with Crippen LogP contribution < -0.4 is 5.14 Å². The van der Waals surface area contributed by atoms with E-state index in [0.29, 0.717) is 5.92 Å². The summed E-state index contributed by atoms with van der Waals surface area (Å²) in [6, 6.07) is 3.23. The minimum atomic E-state index is -3.66. The zero-order chi connectivity index (χ0) is 13.2. The molecule has 0 spiro atoms. The molecule has 2 atom stereocenters. The van der Waals surface area contributed by atoms with E-state index in [9.17, 15) is 8.42 Å². The molecule has 0 aliphatic heterocycles.